The first-order valence-corrected chi connectivity index (χ1v) is 16.4. The highest BCUT2D eigenvalue weighted by Crippen LogP contribution is 2.72. The SMILES string of the molecule is CC1(C)CCC2(CC1)C[C@@H](C(=O)CC1CCC(c3nnco3)CC1)[C@H](c1ccnc(Cl)c1F)[C@]21C(=O)Nc2cc(Cl)ncc21. The molecule has 0 saturated heterocycles. The molecule has 0 unspecified atom stereocenters. The molecule has 1 N–H and O–H groups in total. The van der Waals surface area contributed by atoms with Gasteiger partial charge in [-0.1, -0.05) is 37.0 Å². The van der Waals surface area contributed by atoms with E-state index in [9.17, 15) is 9.59 Å². The molecular formula is C33H36Cl2FN5O3. The molecule has 232 valence electrons. The molecule has 1 aliphatic heterocycles. The molecule has 4 heterocycles. The fourth-order valence-corrected chi connectivity index (χ4v) is 9.52. The van der Waals surface area contributed by atoms with Gasteiger partial charge in [-0.2, -0.15) is 0 Å². The van der Waals surface area contributed by atoms with Crippen LogP contribution in [0.4, 0.5) is 10.1 Å². The predicted octanol–water partition coefficient (Wildman–Crippen LogP) is 7.82. The van der Waals surface area contributed by atoms with Crippen molar-refractivity contribution < 1.29 is 18.4 Å². The zero-order valence-corrected chi connectivity index (χ0v) is 26.4. The van der Waals surface area contributed by atoms with Crippen molar-refractivity contribution in [2.24, 2.45) is 22.7 Å². The summed E-state index contributed by atoms with van der Waals surface area (Å²) in [6, 6.07) is 3.26. The second-order valence-corrected chi connectivity index (χ2v) is 15.0. The zero-order chi connectivity index (χ0) is 30.9. The molecule has 3 atom stereocenters. The Morgan fingerprint density at radius 2 is 1.86 bits per heavy atom. The number of carbonyl (C=O) groups excluding carboxylic acids is 2. The minimum absolute atomic E-state index is 0.0767. The van der Waals surface area contributed by atoms with Gasteiger partial charge in [0.1, 0.15) is 10.9 Å². The van der Waals surface area contributed by atoms with Gasteiger partial charge in [-0.15, -0.1) is 10.2 Å². The molecule has 0 bridgehead atoms. The van der Waals surface area contributed by atoms with Crippen LogP contribution in [0, 0.1) is 28.5 Å². The van der Waals surface area contributed by atoms with E-state index in [1.54, 1.807) is 18.3 Å². The highest BCUT2D eigenvalue weighted by Gasteiger charge is 2.72. The molecule has 8 nitrogen and oxygen atoms in total. The summed E-state index contributed by atoms with van der Waals surface area (Å²) in [6.07, 6.45) is 12.1. The number of ketones is 1. The van der Waals surface area contributed by atoms with E-state index >= 15 is 4.39 Å². The van der Waals surface area contributed by atoms with Crippen LogP contribution in [-0.4, -0.2) is 31.9 Å². The first kappa shape index (κ1) is 29.8. The van der Waals surface area contributed by atoms with Crippen molar-refractivity contribution in [3.05, 3.63) is 64.1 Å². The van der Waals surface area contributed by atoms with Crippen LogP contribution in [0.2, 0.25) is 10.3 Å². The maximum atomic E-state index is 16.1. The van der Waals surface area contributed by atoms with Crippen molar-refractivity contribution in [3.63, 3.8) is 0 Å². The molecule has 3 aromatic heterocycles. The zero-order valence-electron chi connectivity index (χ0n) is 24.9. The van der Waals surface area contributed by atoms with Gasteiger partial charge in [0.05, 0.1) is 5.41 Å². The van der Waals surface area contributed by atoms with Crippen molar-refractivity contribution in [2.45, 2.75) is 95.3 Å². The lowest BCUT2D eigenvalue weighted by Gasteiger charge is -2.50. The molecular weight excluding hydrogens is 604 g/mol. The maximum Gasteiger partial charge on any atom is 0.236 e. The second kappa shape index (κ2) is 10.9. The molecule has 11 heteroatoms. The highest BCUT2D eigenvalue weighted by molar-refractivity contribution is 6.30. The third-order valence-corrected chi connectivity index (χ3v) is 11.9. The van der Waals surface area contributed by atoms with Gasteiger partial charge in [0.15, 0.2) is 11.0 Å². The first-order valence-electron chi connectivity index (χ1n) is 15.6. The molecule has 0 aromatic carbocycles. The Bertz CT molecular complexity index is 1600. The van der Waals surface area contributed by atoms with Crippen LogP contribution < -0.4 is 5.32 Å². The van der Waals surface area contributed by atoms with Gasteiger partial charge < -0.3 is 9.73 Å². The number of amides is 1. The lowest BCUT2D eigenvalue weighted by Crippen LogP contribution is -2.52. The molecule has 3 saturated carbocycles. The Hall–Kier alpha value is -2.91. The van der Waals surface area contributed by atoms with E-state index in [0.717, 1.165) is 51.4 Å². The Kier molecular flexibility index (Phi) is 7.35. The van der Waals surface area contributed by atoms with E-state index in [4.69, 9.17) is 27.6 Å². The van der Waals surface area contributed by atoms with Gasteiger partial charge in [0, 0.05) is 47.8 Å². The lowest BCUT2D eigenvalue weighted by atomic mass is 9.51. The summed E-state index contributed by atoms with van der Waals surface area (Å²) in [5.74, 6) is -1.12. The number of halogens is 3. The quantitative estimate of drug-likeness (QED) is 0.283. The van der Waals surface area contributed by atoms with Crippen molar-refractivity contribution in [1.29, 1.82) is 0 Å². The maximum absolute atomic E-state index is 16.1. The largest absolute Gasteiger partial charge is 0.428 e. The number of hydrogen-bond acceptors (Lipinski definition) is 7. The minimum Gasteiger partial charge on any atom is -0.428 e. The van der Waals surface area contributed by atoms with E-state index in [1.165, 1.54) is 12.6 Å². The number of anilines is 1. The van der Waals surface area contributed by atoms with E-state index in [0.29, 0.717) is 30.0 Å². The average molecular weight is 641 g/mol. The van der Waals surface area contributed by atoms with Crippen LogP contribution in [0.3, 0.4) is 0 Å². The monoisotopic (exact) mass is 639 g/mol. The molecule has 3 aromatic rings. The Morgan fingerprint density at radius 3 is 2.57 bits per heavy atom. The summed E-state index contributed by atoms with van der Waals surface area (Å²) in [6.45, 7) is 4.50. The molecule has 4 aliphatic rings. The molecule has 44 heavy (non-hydrogen) atoms. The molecule has 3 fully saturated rings. The number of rotatable bonds is 5. The highest BCUT2D eigenvalue weighted by atomic mass is 35.5. The Balaban J connectivity index is 1.31. The van der Waals surface area contributed by atoms with Gasteiger partial charge in [-0.25, -0.2) is 14.4 Å². The average Bonchev–Trinajstić information content (AvgIpc) is 3.70. The molecule has 0 radical (unpaired) electrons. The van der Waals surface area contributed by atoms with Crippen LogP contribution >= 0.6 is 23.2 Å². The number of carbonyl (C=O) groups is 2. The van der Waals surface area contributed by atoms with E-state index in [-0.39, 0.29) is 44.8 Å². The van der Waals surface area contributed by atoms with Crippen molar-refractivity contribution in [3.8, 4) is 0 Å². The topological polar surface area (TPSA) is 111 Å². The molecule has 7 rings (SSSR count). The van der Waals surface area contributed by atoms with Crippen LogP contribution in [0.15, 0.2) is 35.3 Å². The number of aromatic nitrogens is 4. The molecule has 2 spiro atoms. The summed E-state index contributed by atoms with van der Waals surface area (Å²) in [5, 5.41) is 11.0. The summed E-state index contributed by atoms with van der Waals surface area (Å²) >= 11 is 12.6. The molecule has 1 amide bonds. The van der Waals surface area contributed by atoms with Crippen molar-refractivity contribution in [1.82, 2.24) is 20.2 Å². The fraction of sp³-hybridized carbons (Fsp3) is 0.576. The number of hydrogen-bond donors (Lipinski definition) is 1. The van der Waals surface area contributed by atoms with Crippen molar-refractivity contribution in [2.75, 3.05) is 5.32 Å². The predicted molar refractivity (Wildman–Crippen MR) is 163 cm³/mol. The van der Waals surface area contributed by atoms with E-state index in [2.05, 4.69) is 39.3 Å². The van der Waals surface area contributed by atoms with Gasteiger partial charge in [0.25, 0.3) is 0 Å². The fourth-order valence-electron chi connectivity index (χ4n) is 9.19. The van der Waals surface area contributed by atoms with Crippen LogP contribution in [0.5, 0.6) is 0 Å². The number of nitrogens with one attached hydrogen (secondary N) is 1. The van der Waals surface area contributed by atoms with E-state index in [1.807, 2.05) is 0 Å². The summed E-state index contributed by atoms with van der Waals surface area (Å²) < 4.78 is 21.6. The van der Waals surface area contributed by atoms with Gasteiger partial charge >= 0.3 is 0 Å². The third-order valence-electron chi connectivity index (χ3n) is 11.5. The normalized spacial score (nSPS) is 30.4. The Labute approximate surface area is 265 Å². The van der Waals surface area contributed by atoms with Gasteiger partial charge in [0.2, 0.25) is 18.2 Å². The van der Waals surface area contributed by atoms with Gasteiger partial charge in [-0.05, 0) is 92.2 Å². The number of fused-ring (bicyclic) bond motifs is 3. The lowest BCUT2D eigenvalue weighted by molar-refractivity contribution is -0.127. The van der Waals surface area contributed by atoms with E-state index < -0.39 is 28.5 Å². The van der Waals surface area contributed by atoms with Crippen LogP contribution in [0.25, 0.3) is 0 Å². The summed E-state index contributed by atoms with van der Waals surface area (Å²) in [7, 11) is 0. The summed E-state index contributed by atoms with van der Waals surface area (Å²) in [5.41, 5.74) is -0.143. The first-order chi connectivity index (χ1) is 21.0. The summed E-state index contributed by atoms with van der Waals surface area (Å²) in [4.78, 5) is 37.6. The third kappa shape index (κ3) is 4.60. The van der Waals surface area contributed by atoms with Crippen LogP contribution in [-0.2, 0) is 15.0 Å². The standard InChI is InChI=1S/C33H36Cl2FN5O3/c1-31(2)8-10-32(11-9-31)15-21(24(42)13-18-3-5-19(6-4-18)29-41-39-17-44-29)26(20-7-12-37-28(35)27(20)36)33(32)22-16-38-25(34)14-23(22)40-30(33)43/h7,12,14,16-19,21,26H,3-6,8-11,13,15H2,1-2H3,(H,40,43)/t18?,19?,21-,26-,33+/m0/s1. The number of nitrogens with zero attached hydrogens (tertiary/aromatic N) is 4. The smallest absolute Gasteiger partial charge is 0.236 e. The Morgan fingerprint density at radius 1 is 1.11 bits per heavy atom. The second-order valence-electron chi connectivity index (χ2n) is 14.2. The van der Waals surface area contributed by atoms with Crippen molar-refractivity contribution >= 4 is 40.6 Å². The van der Waals surface area contributed by atoms with Crippen LogP contribution in [0.1, 0.15) is 107 Å². The number of Topliss-reactive ketones (excluding diaryl/α,β-unsaturated/α-hetero) is 1. The van der Waals surface area contributed by atoms with Gasteiger partial charge in [-0.3, -0.25) is 9.59 Å². The minimum atomic E-state index is -1.21. The number of pyridine rings is 2. The molecule has 3 aliphatic carbocycles.